The zero-order valence-corrected chi connectivity index (χ0v) is 15.5. The number of carbonyl (C=O) groups excluding carboxylic acids is 4. The maximum Gasteiger partial charge on any atom is 0.266 e. The summed E-state index contributed by atoms with van der Waals surface area (Å²) in [5, 5.41) is 0.462. The Kier molecular flexibility index (Phi) is 4.51. The number of methoxy groups -OCH3 is 1. The summed E-state index contributed by atoms with van der Waals surface area (Å²) in [7, 11) is 1.49. The number of nitrogens with two attached hydrogens (primary N) is 1. The van der Waals surface area contributed by atoms with Crippen LogP contribution in [0.1, 0.15) is 33.6 Å². The van der Waals surface area contributed by atoms with Crippen molar-refractivity contribution in [1.29, 1.82) is 0 Å². The van der Waals surface area contributed by atoms with Crippen molar-refractivity contribution < 1.29 is 28.7 Å². The Hall–Kier alpha value is -3.72. The van der Waals surface area contributed by atoms with E-state index in [0.29, 0.717) is 16.5 Å². The molecular weight excluding hydrogens is 378 g/mol. The van der Waals surface area contributed by atoms with Crippen LogP contribution in [0, 0.1) is 0 Å². The number of hydrazine groups is 1. The Labute approximate surface area is 165 Å². The molecule has 2 aromatic rings. The molecule has 2 aliphatic heterocycles. The number of hydrogen-bond acceptors (Lipinski definition) is 7. The number of benzene rings is 2. The number of hydrogen-bond donors (Lipinski definition) is 1. The van der Waals surface area contributed by atoms with Crippen molar-refractivity contribution in [3.05, 3.63) is 53.6 Å². The summed E-state index contributed by atoms with van der Waals surface area (Å²) in [5.74, 6) is 3.84. The number of amides is 4. The van der Waals surface area contributed by atoms with Gasteiger partial charge >= 0.3 is 0 Å². The number of rotatable bonds is 4. The standard InChI is InChI=1S/C20H17N3O6/c1-28-13-6-2-3-7-14(13)29-15-8-4-5-11-17(15)20(27)22(18(11)25)12-9-10-16(24)23(21)19(12)26/h2-8,12H,9-10,21H2,1H3. The molecule has 2 aliphatic rings. The maximum absolute atomic E-state index is 13.1. The van der Waals surface area contributed by atoms with E-state index in [-0.39, 0.29) is 29.7 Å². The molecule has 2 aromatic carbocycles. The van der Waals surface area contributed by atoms with Crippen LogP contribution >= 0.6 is 0 Å². The highest BCUT2D eigenvalue weighted by Gasteiger charge is 2.47. The second-order valence-electron chi connectivity index (χ2n) is 6.57. The summed E-state index contributed by atoms with van der Waals surface area (Å²) in [6.45, 7) is 0. The van der Waals surface area contributed by atoms with E-state index in [1.807, 2.05) is 0 Å². The minimum atomic E-state index is -1.13. The van der Waals surface area contributed by atoms with Crippen LogP contribution in [-0.4, -0.2) is 46.7 Å². The van der Waals surface area contributed by atoms with Crippen LogP contribution < -0.4 is 15.3 Å². The van der Waals surface area contributed by atoms with E-state index in [9.17, 15) is 19.2 Å². The van der Waals surface area contributed by atoms with Gasteiger partial charge in [0.15, 0.2) is 11.5 Å². The molecule has 1 unspecified atom stereocenters. The minimum absolute atomic E-state index is 0.0273. The molecular formula is C20H17N3O6. The molecule has 148 valence electrons. The first-order valence-electron chi connectivity index (χ1n) is 8.87. The van der Waals surface area contributed by atoms with E-state index in [0.717, 1.165) is 4.90 Å². The molecule has 9 nitrogen and oxygen atoms in total. The number of fused-ring (bicyclic) bond motifs is 1. The summed E-state index contributed by atoms with van der Waals surface area (Å²) in [6.07, 6.45) is -0.00951. The van der Waals surface area contributed by atoms with Crippen LogP contribution in [0.2, 0.25) is 0 Å². The predicted octanol–water partition coefficient (Wildman–Crippen LogP) is 1.47. The van der Waals surface area contributed by atoms with E-state index < -0.39 is 29.7 Å². The Morgan fingerprint density at radius 2 is 1.62 bits per heavy atom. The van der Waals surface area contributed by atoms with E-state index in [1.54, 1.807) is 36.4 Å². The molecule has 4 rings (SSSR count). The Balaban J connectivity index is 1.71. The number of nitrogens with zero attached hydrogens (tertiary/aromatic N) is 2. The quantitative estimate of drug-likeness (QED) is 0.473. The lowest BCUT2D eigenvalue weighted by Crippen LogP contribution is -2.58. The van der Waals surface area contributed by atoms with Crippen LogP contribution in [0.4, 0.5) is 0 Å². The third kappa shape index (κ3) is 2.92. The van der Waals surface area contributed by atoms with Crippen molar-refractivity contribution in [2.45, 2.75) is 18.9 Å². The molecule has 9 heteroatoms. The molecule has 2 heterocycles. The smallest absolute Gasteiger partial charge is 0.266 e. The van der Waals surface area contributed by atoms with Gasteiger partial charge in [-0.2, -0.15) is 0 Å². The minimum Gasteiger partial charge on any atom is -0.493 e. The second-order valence-corrected chi connectivity index (χ2v) is 6.57. The lowest BCUT2D eigenvalue weighted by Gasteiger charge is -2.31. The molecule has 0 aliphatic carbocycles. The van der Waals surface area contributed by atoms with Gasteiger partial charge in [-0.25, -0.2) is 10.9 Å². The first kappa shape index (κ1) is 18.6. The van der Waals surface area contributed by atoms with Crippen molar-refractivity contribution in [1.82, 2.24) is 9.91 Å². The van der Waals surface area contributed by atoms with Crippen molar-refractivity contribution in [3.63, 3.8) is 0 Å². The molecule has 1 saturated heterocycles. The SMILES string of the molecule is COc1ccccc1Oc1cccc2c1C(=O)N(C1CCC(=O)N(N)C1=O)C2=O. The topological polar surface area (TPSA) is 119 Å². The average molecular weight is 395 g/mol. The average Bonchev–Trinajstić information content (AvgIpc) is 2.98. The zero-order valence-electron chi connectivity index (χ0n) is 15.5. The van der Waals surface area contributed by atoms with Gasteiger partial charge in [-0.1, -0.05) is 18.2 Å². The Morgan fingerprint density at radius 1 is 0.931 bits per heavy atom. The molecule has 1 atom stereocenters. The number of imide groups is 2. The fraction of sp³-hybridized carbons (Fsp3) is 0.200. The second kappa shape index (κ2) is 7.02. The zero-order chi connectivity index (χ0) is 20.7. The van der Waals surface area contributed by atoms with Gasteiger partial charge in [-0.15, -0.1) is 0 Å². The molecule has 0 bridgehead atoms. The van der Waals surface area contributed by atoms with Gasteiger partial charge in [0, 0.05) is 6.42 Å². The summed E-state index contributed by atoms with van der Waals surface area (Å²) in [5.41, 5.74) is 0.173. The van der Waals surface area contributed by atoms with Gasteiger partial charge in [0.25, 0.3) is 17.7 Å². The highest BCUT2D eigenvalue weighted by Crippen LogP contribution is 2.38. The van der Waals surface area contributed by atoms with Crippen LogP contribution in [0.5, 0.6) is 17.2 Å². The number of carbonyl (C=O) groups is 4. The monoisotopic (exact) mass is 395 g/mol. The fourth-order valence-electron chi connectivity index (χ4n) is 3.49. The summed E-state index contributed by atoms with van der Waals surface area (Å²) in [6, 6.07) is 10.4. The fourth-order valence-corrected chi connectivity index (χ4v) is 3.49. The highest BCUT2D eigenvalue weighted by atomic mass is 16.5. The number of ether oxygens (including phenoxy) is 2. The number of piperidine rings is 1. The van der Waals surface area contributed by atoms with E-state index in [1.165, 1.54) is 13.2 Å². The van der Waals surface area contributed by atoms with Gasteiger partial charge < -0.3 is 9.47 Å². The van der Waals surface area contributed by atoms with Gasteiger partial charge in [-0.3, -0.25) is 24.1 Å². The first-order valence-corrected chi connectivity index (χ1v) is 8.87. The molecule has 0 aromatic heterocycles. The molecule has 2 N–H and O–H groups in total. The van der Waals surface area contributed by atoms with Crippen molar-refractivity contribution in [2.24, 2.45) is 5.84 Å². The normalized spacial score (nSPS) is 18.9. The molecule has 0 spiro atoms. The van der Waals surface area contributed by atoms with Gasteiger partial charge in [0.1, 0.15) is 11.8 Å². The lowest BCUT2D eigenvalue weighted by atomic mass is 10.0. The third-order valence-electron chi connectivity index (χ3n) is 4.93. The first-order chi connectivity index (χ1) is 13.9. The Morgan fingerprint density at radius 3 is 2.34 bits per heavy atom. The van der Waals surface area contributed by atoms with Crippen molar-refractivity contribution >= 4 is 23.6 Å². The van der Waals surface area contributed by atoms with Crippen LogP contribution in [-0.2, 0) is 9.59 Å². The van der Waals surface area contributed by atoms with E-state index >= 15 is 0 Å². The van der Waals surface area contributed by atoms with Crippen molar-refractivity contribution in [2.75, 3.05) is 7.11 Å². The van der Waals surface area contributed by atoms with Crippen LogP contribution in [0.25, 0.3) is 0 Å². The molecule has 29 heavy (non-hydrogen) atoms. The predicted molar refractivity (Wildman–Crippen MR) is 99.1 cm³/mol. The highest BCUT2D eigenvalue weighted by molar-refractivity contribution is 6.24. The molecule has 0 radical (unpaired) electrons. The summed E-state index contributed by atoms with van der Waals surface area (Å²) >= 11 is 0. The molecule has 4 amide bonds. The van der Waals surface area contributed by atoms with Crippen molar-refractivity contribution in [3.8, 4) is 17.2 Å². The molecule has 0 saturated carbocycles. The largest absolute Gasteiger partial charge is 0.493 e. The lowest BCUT2D eigenvalue weighted by molar-refractivity contribution is -0.151. The maximum atomic E-state index is 13.1. The van der Waals surface area contributed by atoms with E-state index in [4.69, 9.17) is 15.3 Å². The Bertz CT molecular complexity index is 1050. The summed E-state index contributed by atoms with van der Waals surface area (Å²) < 4.78 is 11.1. The number of para-hydroxylation sites is 2. The van der Waals surface area contributed by atoms with Gasteiger partial charge in [0.2, 0.25) is 5.91 Å². The van der Waals surface area contributed by atoms with E-state index in [2.05, 4.69) is 0 Å². The van der Waals surface area contributed by atoms with Crippen LogP contribution in [0.15, 0.2) is 42.5 Å². The summed E-state index contributed by atoms with van der Waals surface area (Å²) in [4.78, 5) is 50.9. The van der Waals surface area contributed by atoms with Gasteiger partial charge in [0.05, 0.1) is 18.2 Å². The van der Waals surface area contributed by atoms with Gasteiger partial charge in [-0.05, 0) is 30.7 Å². The van der Waals surface area contributed by atoms with Crippen LogP contribution in [0.3, 0.4) is 0 Å². The third-order valence-corrected chi connectivity index (χ3v) is 4.93. The molecule has 1 fully saturated rings.